The van der Waals surface area contributed by atoms with Crippen LogP contribution in [0.25, 0.3) is 0 Å². The van der Waals surface area contributed by atoms with Gasteiger partial charge in [-0.3, -0.25) is 19.2 Å². The summed E-state index contributed by atoms with van der Waals surface area (Å²) in [6.45, 7) is 1.93. The van der Waals surface area contributed by atoms with Gasteiger partial charge in [-0.25, -0.2) is 0 Å². The summed E-state index contributed by atoms with van der Waals surface area (Å²) >= 11 is 11.6. The van der Waals surface area contributed by atoms with Gasteiger partial charge < -0.3 is 15.0 Å². The zero-order chi connectivity index (χ0) is 28.3. The van der Waals surface area contributed by atoms with Crippen LogP contribution in [0.4, 0.5) is 24.5 Å². The van der Waals surface area contributed by atoms with Crippen molar-refractivity contribution in [2.75, 3.05) is 23.9 Å². The van der Waals surface area contributed by atoms with Crippen LogP contribution in [0.1, 0.15) is 24.2 Å². The second kappa shape index (κ2) is 11.6. The van der Waals surface area contributed by atoms with Gasteiger partial charge in [0, 0.05) is 29.5 Å². The molecule has 1 aliphatic heterocycles. The number of hydrogen-bond acceptors (Lipinski definition) is 5. The number of rotatable bonds is 9. The predicted octanol–water partition coefficient (Wildman–Crippen LogP) is 5.29. The van der Waals surface area contributed by atoms with E-state index in [-0.39, 0.29) is 30.5 Å². The van der Waals surface area contributed by atoms with Gasteiger partial charge in [0.15, 0.2) is 10.8 Å². The fraction of sp³-hybridized carbons (Fsp3) is 0.308. The van der Waals surface area contributed by atoms with Crippen LogP contribution in [0.3, 0.4) is 0 Å². The first kappa shape index (κ1) is 28.4. The number of methoxy groups -OCH3 is 1. The SMILES string of the molecule is COc1ccc(NC(=O)C[C@H]2C(=O)N(c3ccc(Cl)cc3)C(=S)N2CCCn2nc(C(F)(F)F)cc2C)cc1. The normalized spacial score (nSPS) is 15.7. The number of benzene rings is 2. The summed E-state index contributed by atoms with van der Waals surface area (Å²) in [7, 11) is 1.53. The van der Waals surface area contributed by atoms with Gasteiger partial charge in [-0.05, 0) is 80.2 Å². The van der Waals surface area contributed by atoms with Crippen molar-refractivity contribution >= 4 is 52.1 Å². The van der Waals surface area contributed by atoms with Crippen LogP contribution < -0.4 is 15.0 Å². The molecule has 0 aliphatic carbocycles. The van der Waals surface area contributed by atoms with E-state index in [1.165, 1.54) is 16.7 Å². The largest absolute Gasteiger partial charge is 0.497 e. The Bertz CT molecular complexity index is 1360. The molecule has 1 fully saturated rings. The molecule has 0 bridgehead atoms. The minimum Gasteiger partial charge on any atom is -0.497 e. The van der Waals surface area contributed by atoms with Crippen molar-refractivity contribution in [2.45, 2.75) is 38.5 Å². The first-order valence-corrected chi connectivity index (χ1v) is 12.7. The first-order chi connectivity index (χ1) is 18.5. The molecule has 2 heterocycles. The lowest BCUT2D eigenvalue weighted by Crippen LogP contribution is -2.38. The Balaban J connectivity index is 1.51. The molecule has 2 amide bonds. The number of carbonyl (C=O) groups is 2. The molecule has 1 atom stereocenters. The van der Waals surface area contributed by atoms with Gasteiger partial charge in [-0.1, -0.05) is 11.6 Å². The topological polar surface area (TPSA) is 79.7 Å². The number of aryl methyl sites for hydroxylation is 2. The summed E-state index contributed by atoms with van der Waals surface area (Å²) in [6.07, 6.45) is -4.40. The average molecular weight is 580 g/mol. The highest BCUT2D eigenvalue weighted by Crippen LogP contribution is 2.30. The second-order valence-electron chi connectivity index (χ2n) is 8.87. The Morgan fingerprint density at radius 1 is 1.13 bits per heavy atom. The van der Waals surface area contributed by atoms with Gasteiger partial charge in [0.25, 0.3) is 5.91 Å². The van der Waals surface area contributed by atoms with E-state index in [2.05, 4.69) is 10.4 Å². The number of nitrogens with one attached hydrogen (secondary N) is 1. The molecule has 39 heavy (non-hydrogen) atoms. The number of halogens is 4. The predicted molar refractivity (Wildman–Crippen MR) is 145 cm³/mol. The van der Waals surface area contributed by atoms with E-state index in [0.717, 1.165) is 6.07 Å². The fourth-order valence-electron chi connectivity index (χ4n) is 4.24. The molecule has 8 nitrogen and oxygen atoms in total. The van der Waals surface area contributed by atoms with E-state index >= 15 is 0 Å². The maximum Gasteiger partial charge on any atom is 0.435 e. The van der Waals surface area contributed by atoms with Crippen molar-refractivity contribution < 1.29 is 27.5 Å². The Morgan fingerprint density at radius 2 is 1.79 bits per heavy atom. The molecular weight excluding hydrogens is 555 g/mol. The van der Waals surface area contributed by atoms with Crippen molar-refractivity contribution in [3.8, 4) is 5.75 Å². The molecule has 0 saturated carbocycles. The molecule has 2 aromatic carbocycles. The van der Waals surface area contributed by atoms with Gasteiger partial charge in [0.2, 0.25) is 5.91 Å². The van der Waals surface area contributed by atoms with Gasteiger partial charge >= 0.3 is 6.18 Å². The first-order valence-electron chi connectivity index (χ1n) is 11.9. The summed E-state index contributed by atoms with van der Waals surface area (Å²) in [6, 6.07) is 13.4. The number of anilines is 2. The van der Waals surface area contributed by atoms with E-state index in [9.17, 15) is 22.8 Å². The minimum absolute atomic E-state index is 0.168. The van der Waals surface area contributed by atoms with Crippen LogP contribution in [0.15, 0.2) is 54.6 Å². The molecule has 0 radical (unpaired) electrons. The van der Waals surface area contributed by atoms with Crippen LogP contribution in [-0.2, 0) is 22.3 Å². The highest BCUT2D eigenvalue weighted by Gasteiger charge is 2.44. The van der Waals surface area contributed by atoms with Gasteiger partial charge in [-0.2, -0.15) is 18.3 Å². The zero-order valence-corrected chi connectivity index (χ0v) is 22.6. The molecule has 3 aromatic rings. The second-order valence-corrected chi connectivity index (χ2v) is 9.67. The third-order valence-corrected chi connectivity index (χ3v) is 6.87. The lowest BCUT2D eigenvalue weighted by molar-refractivity contribution is -0.141. The number of carbonyl (C=O) groups excluding carboxylic acids is 2. The number of nitrogens with zero attached hydrogens (tertiary/aromatic N) is 4. The average Bonchev–Trinajstić information content (AvgIpc) is 3.37. The third kappa shape index (κ3) is 6.51. The molecule has 1 aliphatic rings. The summed E-state index contributed by atoms with van der Waals surface area (Å²) in [5.74, 6) is -0.160. The number of hydrogen-bond donors (Lipinski definition) is 1. The number of alkyl halides is 3. The van der Waals surface area contributed by atoms with E-state index in [0.29, 0.717) is 34.3 Å². The molecule has 4 rings (SSSR count). The summed E-state index contributed by atoms with van der Waals surface area (Å²) in [5, 5.41) is 7.10. The van der Waals surface area contributed by atoms with Crippen molar-refractivity contribution in [3.05, 3.63) is 71.0 Å². The molecule has 1 saturated heterocycles. The van der Waals surface area contributed by atoms with Crippen molar-refractivity contribution in [2.24, 2.45) is 0 Å². The fourth-order valence-corrected chi connectivity index (χ4v) is 4.78. The molecule has 13 heteroatoms. The van der Waals surface area contributed by atoms with Crippen LogP contribution in [0.5, 0.6) is 5.75 Å². The molecule has 0 unspecified atom stereocenters. The van der Waals surface area contributed by atoms with Gasteiger partial charge in [0.05, 0.1) is 19.2 Å². The zero-order valence-electron chi connectivity index (χ0n) is 21.0. The van der Waals surface area contributed by atoms with Crippen LogP contribution in [0, 0.1) is 6.92 Å². The standard InChI is InChI=1S/C26H25ClF3N5O3S/c1-16-14-22(26(28,29)30)32-34(16)13-3-12-33-21(15-23(36)31-18-6-10-20(38-2)11-7-18)24(37)35(25(33)39)19-8-4-17(27)5-9-19/h4-11,14,21H,3,12-13,15H2,1-2H3,(H,31,36)/t21-/m0/s1. The Labute approximate surface area is 233 Å². The van der Waals surface area contributed by atoms with E-state index < -0.39 is 23.8 Å². The van der Waals surface area contributed by atoms with Crippen molar-refractivity contribution in [1.82, 2.24) is 14.7 Å². The highest BCUT2D eigenvalue weighted by molar-refractivity contribution is 7.80. The number of ether oxygens (including phenoxy) is 1. The minimum atomic E-state index is -4.54. The Hall–Kier alpha value is -3.64. The highest BCUT2D eigenvalue weighted by atomic mass is 35.5. The van der Waals surface area contributed by atoms with E-state index in [1.807, 2.05) is 0 Å². The van der Waals surface area contributed by atoms with Gasteiger partial charge in [-0.15, -0.1) is 0 Å². The number of thiocarbonyl (C=S) groups is 1. The van der Waals surface area contributed by atoms with Gasteiger partial charge in [0.1, 0.15) is 11.8 Å². The van der Waals surface area contributed by atoms with Crippen molar-refractivity contribution in [1.29, 1.82) is 0 Å². The number of aromatic nitrogens is 2. The third-order valence-electron chi connectivity index (χ3n) is 6.20. The maximum absolute atomic E-state index is 13.5. The monoisotopic (exact) mass is 579 g/mol. The number of amides is 2. The summed E-state index contributed by atoms with van der Waals surface area (Å²) in [4.78, 5) is 29.4. The molecular formula is C26H25ClF3N5O3S. The van der Waals surface area contributed by atoms with Crippen LogP contribution in [0.2, 0.25) is 5.02 Å². The van der Waals surface area contributed by atoms with Crippen LogP contribution in [-0.4, -0.2) is 51.3 Å². The Kier molecular flexibility index (Phi) is 8.45. The Morgan fingerprint density at radius 3 is 2.38 bits per heavy atom. The smallest absolute Gasteiger partial charge is 0.435 e. The lowest BCUT2D eigenvalue weighted by atomic mass is 10.1. The molecule has 0 spiro atoms. The van der Waals surface area contributed by atoms with Crippen molar-refractivity contribution in [3.63, 3.8) is 0 Å². The van der Waals surface area contributed by atoms with E-state index in [1.54, 1.807) is 60.4 Å². The molecule has 206 valence electrons. The summed E-state index contributed by atoms with van der Waals surface area (Å²) in [5.41, 5.74) is 0.425. The quantitative estimate of drug-likeness (QED) is 0.347. The maximum atomic E-state index is 13.5. The lowest BCUT2D eigenvalue weighted by Gasteiger charge is -2.24. The molecule has 1 N–H and O–H groups in total. The molecule has 1 aromatic heterocycles. The summed E-state index contributed by atoms with van der Waals surface area (Å²) < 4.78 is 45.5. The van der Waals surface area contributed by atoms with E-state index in [4.69, 9.17) is 28.6 Å². The van der Waals surface area contributed by atoms with Crippen LogP contribution >= 0.6 is 23.8 Å².